The van der Waals surface area contributed by atoms with Crippen LogP contribution in [-0.2, 0) is 25.8 Å². The van der Waals surface area contributed by atoms with Crippen molar-refractivity contribution in [2.24, 2.45) is 0 Å². The molecule has 4 saturated heterocycles. The first kappa shape index (κ1) is 25.0. The first-order chi connectivity index (χ1) is 19.7. The van der Waals surface area contributed by atoms with Gasteiger partial charge in [0, 0.05) is 60.3 Å². The second-order valence-corrected chi connectivity index (χ2v) is 13.2. The number of anilines is 2. The van der Waals surface area contributed by atoms with Gasteiger partial charge in [-0.25, -0.2) is 9.97 Å². The van der Waals surface area contributed by atoms with Crippen LogP contribution in [0.2, 0.25) is 0 Å². The zero-order valence-corrected chi connectivity index (χ0v) is 24.2. The Morgan fingerprint density at radius 2 is 1.70 bits per heavy atom. The largest absolute Gasteiger partial charge is 0.365 e. The molecule has 4 fully saturated rings. The van der Waals surface area contributed by atoms with Gasteiger partial charge in [0.15, 0.2) is 0 Å². The van der Waals surface area contributed by atoms with Crippen LogP contribution in [-0.4, -0.2) is 65.2 Å². The lowest BCUT2D eigenvalue weighted by molar-refractivity contribution is 0.181. The van der Waals surface area contributed by atoms with E-state index in [9.17, 15) is 0 Å². The van der Waals surface area contributed by atoms with E-state index in [1.165, 1.54) is 97.1 Å². The fourth-order valence-electron chi connectivity index (χ4n) is 8.94. The van der Waals surface area contributed by atoms with Gasteiger partial charge in [-0.1, -0.05) is 37.3 Å². The number of aryl methyl sites for hydroxylation is 2. The Labute approximate surface area is 239 Å². The maximum absolute atomic E-state index is 5.40. The third kappa shape index (κ3) is 4.21. The van der Waals surface area contributed by atoms with E-state index in [2.05, 4.69) is 63.3 Å². The zero-order valence-electron chi connectivity index (χ0n) is 24.2. The van der Waals surface area contributed by atoms with Gasteiger partial charge >= 0.3 is 0 Å². The Morgan fingerprint density at radius 1 is 0.925 bits per heavy atom. The van der Waals surface area contributed by atoms with E-state index in [-0.39, 0.29) is 0 Å². The molecule has 3 aromatic rings. The number of aromatic nitrogens is 2. The number of rotatable bonds is 6. The molecular formula is C34H44N6. The van der Waals surface area contributed by atoms with Gasteiger partial charge in [-0.2, -0.15) is 0 Å². The van der Waals surface area contributed by atoms with E-state index in [0.717, 1.165) is 51.3 Å². The third-order valence-electron chi connectivity index (χ3n) is 10.9. The summed E-state index contributed by atoms with van der Waals surface area (Å²) in [6, 6.07) is 14.8. The average molecular weight is 537 g/mol. The van der Waals surface area contributed by atoms with Crippen molar-refractivity contribution >= 4 is 22.3 Å². The molecule has 0 radical (unpaired) electrons. The monoisotopic (exact) mass is 536 g/mol. The van der Waals surface area contributed by atoms with Gasteiger partial charge < -0.3 is 15.1 Å². The smallest absolute Gasteiger partial charge is 0.136 e. The van der Waals surface area contributed by atoms with Gasteiger partial charge in [0.05, 0.1) is 12.2 Å². The Hall–Kier alpha value is -2.70. The van der Waals surface area contributed by atoms with E-state index in [1.807, 2.05) is 0 Å². The first-order valence-corrected chi connectivity index (χ1v) is 16.1. The Morgan fingerprint density at radius 3 is 2.48 bits per heavy atom. The lowest BCUT2D eigenvalue weighted by Crippen LogP contribution is -2.52. The molecule has 5 aliphatic rings. The van der Waals surface area contributed by atoms with Crippen LogP contribution in [0.25, 0.3) is 10.8 Å². The molecule has 6 heteroatoms. The molecule has 6 nitrogen and oxygen atoms in total. The highest BCUT2D eigenvalue weighted by Crippen LogP contribution is 2.42. The van der Waals surface area contributed by atoms with Crippen LogP contribution < -0.4 is 15.1 Å². The van der Waals surface area contributed by atoms with Crippen molar-refractivity contribution in [3.05, 3.63) is 59.0 Å². The topological polar surface area (TPSA) is 47.5 Å². The normalized spacial score (nSPS) is 25.5. The number of piperazine rings is 1. The molecule has 2 unspecified atom stereocenters. The molecule has 2 bridgehead atoms. The fraction of sp³-hybridized carbons (Fsp3) is 0.588. The summed E-state index contributed by atoms with van der Waals surface area (Å²) < 4.78 is 0. The highest BCUT2D eigenvalue weighted by atomic mass is 15.3. The Bertz CT molecular complexity index is 1390. The lowest BCUT2D eigenvalue weighted by Gasteiger charge is -2.38. The lowest BCUT2D eigenvalue weighted by atomic mass is 9.88. The van der Waals surface area contributed by atoms with Crippen LogP contribution in [0.1, 0.15) is 74.5 Å². The Kier molecular flexibility index (Phi) is 6.25. The quantitative estimate of drug-likeness (QED) is 0.464. The summed E-state index contributed by atoms with van der Waals surface area (Å²) in [5.74, 6) is 2.35. The molecule has 2 aromatic carbocycles. The van der Waals surface area contributed by atoms with Gasteiger partial charge in [-0.3, -0.25) is 4.90 Å². The zero-order chi connectivity index (χ0) is 26.7. The molecule has 1 aromatic heterocycles. The van der Waals surface area contributed by atoms with Gasteiger partial charge in [0.2, 0.25) is 0 Å². The van der Waals surface area contributed by atoms with Crippen molar-refractivity contribution in [3.8, 4) is 0 Å². The summed E-state index contributed by atoms with van der Waals surface area (Å²) in [5.41, 5.74) is 5.92. The van der Waals surface area contributed by atoms with Crippen LogP contribution in [0, 0.1) is 0 Å². The van der Waals surface area contributed by atoms with Crippen LogP contribution in [0.4, 0.5) is 11.5 Å². The van der Waals surface area contributed by atoms with E-state index in [4.69, 9.17) is 9.97 Å². The molecule has 5 aliphatic heterocycles. The standard InChI is InChI=1S/C34H44N6/c1-2-24-7-3-8-25-9-4-10-30(32(24)25)38-20-14-28-29(23-38)36-31(13-17-34-15-5-18-40(34)19-6-16-34)37-33(28)39-21-26-11-12-27(22-39)35-26/h3-4,7-10,26-27,35H,2,5-6,11-23H2,1H3. The van der Waals surface area contributed by atoms with Crippen molar-refractivity contribution in [1.82, 2.24) is 20.2 Å². The predicted octanol–water partition coefficient (Wildman–Crippen LogP) is 5.26. The van der Waals surface area contributed by atoms with E-state index in [0.29, 0.717) is 17.6 Å². The van der Waals surface area contributed by atoms with Gasteiger partial charge in [-0.05, 0) is 87.9 Å². The SMILES string of the molecule is CCc1cccc2cccc(N3CCc4c(nc(CCC56CCCN5CCC6)nc4N4CC5CCC(C4)N5)C3)c12. The highest BCUT2D eigenvalue weighted by molar-refractivity contribution is 5.97. The molecule has 6 heterocycles. The van der Waals surface area contributed by atoms with Crippen molar-refractivity contribution in [1.29, 1.82) is 0 Å². The second kappa shape index (κ2) is 9.99. The molecule has 2 atom stereocenters. The predicted molar refractivity (Wildman–Crippen MR) is 163 cm³/mol. The molecule has 0 spiro atoms. The maximum Gasteiger partial charge on any atom is 0.136 e. The second-order valence-electron chi connectivity index (χ2n) is 13.2. The third-order valence-corrected chi connectivity index (χ3v) is 10.9. The summed E-state index contributed by atoms with van der Waals surface area (Å²) >= 11 is 0. The van der Waals surface area contributed by atoms with Crippen molar-refractivity contribution in [2.75, 3.05) is 42.5 Å². The highest BCUT2D eigenvalue weighted by Gasteiger charge is 2.44. The van der Waals surface area contributed by atoms with Crippen LogP contribution in [0.15, 0.2) is 36.4 Å². The summed E-state index contributed by atoms with van der Waals surface area (Å²) in [6.45, 7) is 8.94. The van der Waals surface area contributed by atoms with Gasteiger partial charge in [-0.15, -0.1) is 0 Å². The molecule has 210 valence electrons. The fourth-order valence-corrected chi connectivity index (χ4v) is 8.94. The first-order valence-electron chi connectivity index (χ1n) is 16.1. The van der Waals surface area contributed by atoms with E-state index >= 15 is 0 Å². The molecule has 0 amide bonds. The van der Waals surface area contributed by atoms with Crippen molar-refractivity contribution in [2.45, 2.75) is 95.3 Å². The number of hydrogen-bond donors (Lipinski definition) is 1. The minimum atomic E-state index is 0.416. The van der Waals surface area contributed by atoms with Crippen LogP contribution in [0.3, 0.4) is 0 Å². The van der Waals surface area contributed by atoms with E-state index < -0.39 is 0 Å². The van der Waals surface area contributed by atoms with Crippen LogP contribution >= 0.6 is 0 Å². The summed E-state index contributed by atoms with van der Waals surface area (Å²) in [5, 5.41) is 6.60. The minimum Gasteiger partial charge on any atom is -0.365 e. The van der Waals surface area contributed by atoms with E-state index in [1.54, 1.807) is 0 Å². The molecule has 0 aliphatic carbocycles. The average Bonchev–Trinajstić information content (AvgIpc) is 3.68. The molecule has 8 rings (SSSR count). The number of hydrogen-bond acceptors (Lipinski definition) is 6. The van der Waals surface area contributed by atoms with Crippen molar-refractivity contribution in [3.63, 3.8) is 0 Å². The number of nitrogens with zero attached hydrogens (tertiary/aromatic N) is 5. The molecule has 1 N–H and O–H groups in total. The summed E-state index contributed by atoms with van der Waals surface area (Å²) in [4.78, 5) is 18.8. The molecular weight excluding hydrogens is 492 g/mol. The van der Waals surface area contributed by atoms with Gasteiger partial charge in [0.1, 0.15) is 11.6 Å². The van der Waals surface area contributed by atoms with Crippen molar-refractivity contribution < 1.29 is 0 Å². The number of fused-ring (bicyclic) bond motifs is 5. The van der Waals surface area contributed by atoms with Crippen LogP contribution in [0.5, 0.6) is 0 Å². The number of benzene rings is 2. The maximum atomic E-state index is 5.40. The summed E-state index contributed by atoms with van der Waals surface area (Å²) in [7, 11) is 0. The molecule has 40 heavy (non-hydrogen) atoms. The number of nitrogens with one attached hydrogen (secondary N) is 1. The molecule has 0 saturated carbocycles. The van der Waals surface area contributed by atoms with Gasteiger partial charge in [0.25, 0.3) is 0 Å². The summed E-state index contributed by atoms with van der Waals surface area (Å²) in [6.07, 6.45) is 12.3. The minimum absolute atomic E-state index is 0.416. The Balaban J connectivity index is 1.15.